The summed E-state index contributed by atoms with van der Waals surface area (Å²) in [6.07, 6.45) is 0.324. The van der Waals surface area contributed by atoms with E-state index < -0.39 is 0 Å². The minimum Gasteiger partial charge on any atom is -0.495 e. The molecule has 0 aromatic heterocycles. The van der Waals surface area contributed by atoms with Crippen LogP contribution in [0.4, 0.5) is 5.69 Å². The lowest BCUT2D eigenvalue weighted by Gasteiger charge is -2.06. The van der Waals surface area contributed by atoms with Gasteiger partial charge in [0.2, 0.25) is 0 Å². The van der Waals surface area contributed by atoms with E-state index in [4.69, 9.17) is 22.1 Å². The summed E-state index contributed by atoms with van der Waals surface area (Å²) in [6.45, 7) is 0. The van der Waals surface area contributed by atoms with Crippen LogP contribution < -0.4 is 10.5 Å². The van der Waals surface area contributed by atoms with Crippen molar-refractivity contribution in [2.24, 2.45) is 0 Å². The Morgan fingerprint density at radius 1 is 1.21 bits per heavy atom. The molecule has 0 bridgehead atoms. The van der Waals surface area contributed by atoms with E-state index in [9.17, 15) is 4.79 Å². The van der Waals surface area contributed by atoms with E-state index in [1.165, 1.54) is 7.11 Å². The van der Waals surface area contributed by atoms with Crippen LogP contribution in [0.5, 0.6) is 5.75 Å². The van der Waals surface area contributed by atoms with Crippen LogP contribution in [0, 0.1) is 0 Å². The van der Waals surface area contributed by atoms with Crippen LogP contribution in [0.15, 0.2) is 42.5 Å². The van der Waals surface area contributed by atoms with Gasteiger partial charge in [-0.1, -0.05) is 23.7 Å². The van der Waals surface area contributed by atoms with Gasteiger partial charge in [0.25, 0.3) is 0 Å². The minimum absolute atomic E-state index is 0.0136. The highest BCUT2D eigenvalue weighted by molar-refractivity contribution is 6.32. The summed E-state index contributed by atoms with van der Waals surface area (Å²) < 4.78 is 5.10. The zero-order valence-corrected chi connectivity index (χ0v) is 11.3. The first-order chi connectivity index (χ1) is 9.10. The number of ether oxygens (including phenoxy) is 1. The third kappa shape index (κ3) is 3.26. The fourth-order valence-electron chi connectivity index (χ4n) is 1.76. The lowest BCUT2D eigenvalue weighted by molar-refractivity contribution is 0.0992. The smallest absolute Gasteiger partial charge is 0.167 e. The van der Waals surface area contributed by atoms with Crippen molar-refractivity contribution in [3.8, 4) is 5.75 Å². The van der Waals surface area contributed by atoms with Crippen molar-refractivity contribution in [3.05, 3.63) is 58.6 Å². The molecule has 0 unspecified atom stereocenters. The summed E-state index contributed by atoms with van der Waals surface area (Å²) in [4.78, 5) is 12.1. The Morgan fingerprint density at radius 3 is 2.53 bits per heavy atom. The van der Waals surface area contributed by atoms with Crippen molar-refractivity contribution in [3.63, 3.8) is 0 Å². The number of halogens is 1. The van der Waals surface area contributed by atoms with E-state index in [1.54, 1.807) is 30.3 Å². The Labute approximate surface area is 117 Å². The van der Waals surface area contributed by atoms with Crippen molar-refractivity contribution < 1.29 is 9.53 Å². The molecular weight excluding hydrogens is 262 g/mol. The van der Waals surface area contributed by atoms with Crippen LogP contribution in [0.1, 0.15) is 15.9 Å². The molecule has 0 saturated carbocycles. The van der Waals surface area contributed by atoms with Gasteiger partial charge in [-0.25, -0.2) is 0 Å². The first-order valence-electron chi connectivity index (χ1n) is 5.81. The number of carbonyl (C=O) groups excluding carboxylic acids is 1. The van der Waals surface area contributed by atoms with Gasteiger partial charge in [-0.3, -0.25) is 4.79 Å². The molecule has 19 heavy (non-hydrogen) atoms. The second kappa shape index (κ2) is 5.76. The Hall–Kier alpha value is -2.00. The number of benzene rings is 2. The molecule has 2 N–H and O–H groups in total. The summed E-state index contributed by atoms with van der Waals surface area (Å²) in [6, 6.07) is 12.3. The zero-order chi connectivity index (χ0) is 13.8. The summed E-state index contributed by atoms with van der Waals surface area (Å²) in [5, 5.41) is 0.492. The van der Waals surface area contributed by atoms with Gasteiger partial charge >= 0.3 is 0 Å². The molecule has 0 aliphatic carbocycles. The van der Waals surface area contributed by atoms with Crippen molar-refractivity contribution in [2.45, 2.75) is 6.42 Å². The lowest BCUT2D eigenvalue weighted by Crippen LogP contribution is -2.04. The molecule has 0 radical (unpaired) electrons. The van der Waals surface area contributed by atoms with Crippen molar-refractivity contribution in [2.75, 3.05) is 12.8 Å². The molecule has 0 atom stereocenters. The van der Waals surface area contributed by atoms with Crippen LogP contribution in [0.2, 0.25) is 5.02 Å². The van der Waals surface area contributed by atoms with Crippen LogP contribution in [-0.2, 0) is 6.42 Å². The van der Waals surface area contributed by atoms with E-state index in [2.05, 4.69) is 0 Å². The fraction of sp³-hybridized carbons (Fsp3) is 0.133. The molecule has 0 saturated heterocycles. The van der Waals surface area contributed by atoms with Gasteiger partial charge < -0.3 is 10.5 Å². The number of ketones is 1. The number of carbonyl (C=O) groups is 1. The van der Waals surface area contributed by atoms with Gasteiger partial charge in [-0.15, -0.1) is 0 Å². The van der Waals surface area contributed by atoms with Crippen LogP contribution in [-0.4, -0.2) is 12.9 Å². The molecular formula is C15H14ClNO2. The summed E-state index contributed by atoms with van der Waals surface area (Å²) in [7, 11) is 1.52. The Morgan fingerprint density at radius 2 is 1.89 bits per heavy atom. The predicted octanol–water partition coefficient (Wildman–Crippen LogP) is 3.36. The number of rotatable bonds is 4. The van der Waals surface area contributed by atoms with Gasteiger partial charge in [0, 0.05) is 17.7 Å². The van der Waals surface area contributed by atoms with Gasteiger partial charge in [0.15, 0.2) is 5.78 Å². The third-order valence-corrected chi connectivity index (χ3v) is 3.13. The number of hydrogen-bond donors (Lipinski definition) is 1. The molecule has 2 rings (SSSR count). The minimum atomic E-state index is 0.0136. The lowest BCUT2D eigenvalue weighted by atomic mass is 10.0. The van der Waals surface area contributed by atoms with Crippen LogP contribution >= 0.6 is 11.6 Å². The monoisotopic (exact) mass is 275 g/mol. The van der Waals surface area contributed by atoms with Crippen molar-refractivity contribution in [1.29, 1.82) is 0 Å². The normalized spacial score (nSPS) is 10.2. The number of Topliss-reactive ketones (excluding diaryl/α,β-unsaturated/α-hetero) is 1. The van der Waals surface area contributed by atoms with E-state index in [0.717, 1.165) is 5.56 Å². The van der Waals surface area contributed by atoms with E-state index in [0.29, 0.717) is 28.4 Å². The average Bonchev–Trinajstić information content (AvgIpc) is 2.42. The van der Waals surface area contributed by atoms with Crippen LogP contribution in [0.3, 0.4) is 0 Å². The molecule has 98 valence electrons. The van der Waals surface area contributed by atoms with Gasteiger partial charge in [-0.05, 0) is 35.9 Å². The SMILES string of the molecule is COc1cc(C(=O)Cc2ccc(N)cc2)ccc1Cl. The number of nitrogens with two attached hydrogens (primary N) is 1. The fourth-order valence-corrected chi connectivity index (χ4v) is 1.95. The number of nitrogen functional groups attached to an aromatic ring is 1. The van der Waals surface area contributed by atoms with E-state index >= 15 is 0 Å². The largest absolute Gasteiger partial charge is 0.495 e. The molecule has 2 aromatic carbocycles. The predicted molar refractivity (Wildman–Crippen MR) is 76.9 cm³/mol. The second-order valence-corrected chi connectivity index (χ2v) is 4.60. The maximum absolute atomic E-state index is 12.1. The van der Waals surface area contributed by atoms with Crippen molar-refractivity contribution in [1.82, 2.24) is 0 Å². The van der Waals surface area contributed by atoms with E-state index in [-0.39, 0.29) is 5.78 Å². The highest BCUT2D eigenvalue weighted by Gasteiger charge is 2.10. The Bertz CT molecular complexity index is 594. The first kappa shape index (κ1) is 13.4. The zero-order valence-electron chi connectivity index (χ0n) is 10.5. The highest BCUT2D eigenvalue weighted by Crippen LogP contribution is 2.25. The molecule has 2 aromatic rings. The summed E-state index contributed by atoms with van der Waals surface area (Å²) in [5.41, 5.74) is 7.80. The maximum atomic E-state index is 12.1. The molecule has 0 fully saturated rings. The standard InChI is InChI=1S/C15H14ClNO2/c1-19-15-9-11(4-7-13(15)16)14(18)8-10-2-5-12(17)6-3-10/h2-7,9H,8,17H2,1H3. The first-order valence-corrected chi connectivity index (χ1v) is 6.19. The number of anilines is 1. The van der Waals surface area contributed by atoms with Crippen molar-refractivity contribution >= 4 is 23.1 Å². The quantitative estimate of drug-likeness (QED) is 0.688. The van der Waals surface area contributed by atoms with Gasteiger partial charge in [0.05, 0.1) is 12.1 Å². The molecule has 4 heteroatoms. The molecule has 0 heterocycles. The Balaban J connectivity index is 2.18. The van der Waals surface area contributed by atoms with Gasteiger partial charge in [0.1, 0.15) is 5.75 Å². The van der Waals surface area contributed by atoms with Crippen LogP contribution in [0.25, 0.3) is 0 Å². The molecule has 0 spiro atoms. The number of methoxy groups -OCH3 is 1. The topological polar surface area (TPSA) is 52.3 Å². The summed E-state index contributed by atoms with van der Waals surface area (Å²) >= 11 is 5.93. The van der Waals surface area contributed by atoms with Gasteiger partial charge in [-0.2, -0.15) is 0 Å². The summed E-state index contributed by atoms with van der Waals surface area (Å²) in [5.74, 6) is 0.518. The molecule has 0 aliphatic rings. The molecule has 3 nitrogen and oxygen atoms in total. The highest BCUT2D eigenvalue weighted by atomic mass is 35.5. The molecule has 0 aliphatic heterocycles. The molecule has 0 amide bonds. The second-order valence-electron chi connectivity index (χ2n) is 4.19. The Kier molecular flexibility index (Phi) is 4.07. The maximum Gasteiger partial charge on any atom is 0.167 e. The number of hydrogen-bond acceptors (Lipinski definition) is 3. The average molecular weight is 276 g/mol. The third-order valence-electron chi connectivity index (χ3n) is 2.82. The van der Waals surface area contributed by atoms with E-state index in [1.807, 2.05) is 12.1 Å².